The molecule has 9 heavy (non-hydrogen) atoms. The summed E-state index contributed by atoms with van der Waals surface area (Å²) in [7, 11) is 0. The second-order valence-electron chi connectivity index (χ2n) is 2.55. The molecule has 0 amide bonds. The molecule has 2 atom stereocenters. The molecule has 2 heteroatoms. The molecule has 2 unspecified atom stereocenters. The summed E-state index contributed by atoms with van der Waals surface area (Å²) in [5.74, 6) is 1.88. The lowest BCUT2D eigenvalue weighted by atomic mass is 10.0. The maximum Gasteiger partial charge on any atom is 0.0469 e. The summed E-state index contributed by atoms with van der Waals surface area (Å²) in [6, 6.07) is 0. The van der Waals surface area contributed by atoms with Crippen LogP contribution in [0, 0.1) is 5.92 Å². The van der Waals surface area contributed by atoms with Crippen molar-refractivity contribution in [1.82, 2.24) is 0 Å². The fourth-order valence-electron chi connectivity index (χ4n) is 1.14. The highest BCUT2D eigenvalue weighted by atomic mass is 32.2. The molecule has 1 saturated heterocycles. The second-order valence-corrected chi connectivity index (χ2v) is 3.90. The fourth-order valence-corrected chi connectivity index (χ4v) is 2.19. The van der Waals surface area contributed by atoms with Crippen molar-refractivity contribution in [2.24, 2.45) is 5.92 Å². The van der Waals surface area contributed by atoms with Crippen molar-refractivity contribution in [3.8, 4) is 0 Å². The van der Waals surface area contributed by atoms with E-state index in [1.165, 1.54) is 12.2 Å². The Morgan fingerprint density at radius 3 is 2.56 bits per heavy atom. The number of aliphatic hydroxyl groups is 1. The molecule has 0 aromatic rings. The topological polar surface area (TPSA) is 20.2 Å². The van der Waals surface area contributed by atoms with Crippen LogP contribution in [-0.4, -0.2) is 22.7 Å². The molecule has 0 radical (unpaired) electrons. The standard InChI is InChI=1S/C7H14OS/c1-2-6(5-8)7-3-4-9-7/h6-8H,2-5H2,1H3. The first kappa shape index (κ1) is 7.42. The lowest BCUT2D eigenvalue weighted by Gasteiger charge is -2.31. The van der Waals surface area contributed by atoms with Crippen LogP contribution < -0.4 is 0 Å². The van der Waals surface area contributed by atoms with Gasteiger partial charge in [0.25, 0.3) is 0 Å². The first-order valence-electron chi connectivity index (χ1n) is 3.61. The summed E-state index contributed by atoms with van der Waals surface area (Å²) in [5.41, 5.74) is 0. The highest BCUT2D eigenvalue weighted by Crippen LogP contribution is 2.34. The van der Waals surface area contributed by atoms with Crippen molar-refractivity contribution in [1.29, 1.82) is 0 Å². The Hall–Kier alpha value is 0.310. The zero-order chi connectivity index (χ0) is 6.69. The molecule has 0 aromatic heterocycles. The average molecular weight is 146 g/mol. The predicted molar refractivity (Wildman–Crippen MR) is 41.7 cm³/mol. The summed E-state index contributed by atoms with van der Waals surface area (Å²) >= 11 is 2.00. The molecule has 1 fully saturated rings. The van der Waals surface area contributed by atoms with Crippen LogP contribution in [0.15, 0.2) is 0 Å². The van der Waals surface area contributed by atoms with Crippen molar-refractivity contribution >= 4 is 11.8 Å². The van der Waals surface area contributed by atoms with Gasteiger partial charge >= 0.3 is 0 Å². The second kappa shape index (κ2) is 3.47. The molecular weight excluding hydrogens is 132 g/mol. The van der Waals surface area contributed by atoms with Crippen LogP contribution in [-0.2, 0) is 0 Å². The summed E-state index contributed by atoms with van der Waals surface area (Å²) in [4.78, 5) is 0. The van der Waals surface area contributed by atoms with Gasteiger partial charge in [-0.3, -0.25) is 0 Å². The van der Waals surface area contributed by atoms with Crippen molar-refractivity contribution in [3.05, 3.63) is 0 Å². The number of rotatable bonds is 3. The van der Waals surface area contributed by atoms with Crippen LogP contribution >= 0.6 is 11.8 Å². The van der Waals surface area contributed by atoms with E-state index in [1.54, 1.807) is 0 Å². The Kier molecular flexibility index (Phi) is 2.86. The average Bonchev–Trinajstić information content (AvgIpc) is 1.78. The van der Waals surface area contributed by atoms with Gasteiger partial charge in [0.05, 0.1) is 0 Å². The molecule has 1 rings (SSSR count). The van der Waals surface area contributed by atoms with E-state index >= 15 is 0 Å². The fraction of sp³-hybridized carbons (Fsp3) is 1.00. The van der Waals surface area contributed by atoms with E-state index in [-0.39, 0.29) is 0 Å². The van der Waals surface area contributed by atoms with Crippen LogP contribution in [0.4, 0.5) is 0 Å². The SMILES string of the molecule is CCC(CO)C1CCS1. The Morgan fingerprint density at radius 2 is 2.44 bits per heavy atom. The molecule has 0 saturated carbocycles. The van der Waals surface area contributed by atoms with E-state index in [2.05, 4.69) is 6.92 Å². The van der Waals surface area contributed by atoms with Gasteiger partial charge in [-0.25, -0.2) is 0 Å². The van der Waals surface area contributed by atoms with E-state index in [1.807, 2.05) is 11.8 Å². The van der Waals surface area contributed by atoms with Gasteiger partial charge in [0, 0.05) is 11.9 Å². The van der Waals surface area contributed by atoms with Gasteiger partial charge in [0.2, 0.25) is 0 Å². The van der Waals surface area contributed by atoms with Gasteiger partial charge < -0.3 is 5.11 Å². The van der Waals surface area contributed by atoms with E-state index in [9.17, 15) is 0 Å². The van der Waals surface area contributed by atoms with Gasteiger partial charge in [-0.2, -0.15) is 11.8 Å². The zero-order valence-electron chi connectivity index (χ0n) is 5.84. The molecular formula is C7H14OS. The number of thioether (sulfide) groups is 1. The normalized spacial score (nSPS) is 29.3. The minimum Gasteiger partial charge on any atom is -0.396 e. The highest BCUT2D eigenvalue weighted by Gasteiger charge is 2.25. The Labute approximate surface area is 60.8 Å². The first-order valence-corrected chi connectivity index (χ1v) is 4.65. The molecule has 1 nitrogen and oxygen atoms in total. The number of aliphatic hydroxyl groups excluding tert-OH is 1. The summed E-state index contributed by atoms with van der Waals surface area (Å²) < 4.78 is 0. The van der Waals surface area contributed by atoms with Gasteiger partial charge in [-0.15, -0.1) is 0 Å². The molecule has 0 aliphatic carbocycles. The van der Waals surface area contributed by atoms with Crippen molar-refractivity contribution in [2.45, 2.75) is 25.0 Å². The van der Waals surface area contributed by atoms with Gasteiger partial charge in [0.15, 0.2) is 0 Å². The Balaban J connectivity index is 2.19. The highest BCUT2D eigenvalue weighted by molar-refractivity contribution is 8.01. The summed E-state index contributed by atoms with van der Waals surface area (Å²) in [6.07, 6.45) is 2.46. The van der Waals surface area contributed by atoms with E-state index in [4.69, 9.17) is 5.11 Å². The van der Waals surface area contributed by atoms with E-state index < -0.39 is 0 Å². The van der Waals surface area contributed by atoms with Gasteiger partial charge in [-0.1, -0.05) is 13.3 Å². The van der Waals surface area contributed by atoms with Crippen molar-refractivity contribution in [2.75, 3.05) is 12.4 Å². The summed E-state index contributed by atoms with van der Waals surface area (Å²) in [5, 5.41) is 9.63. The third kappa shape index (κ3) is 1.62. The molecule has 0 bridgehead atoms. The van der Waals surface area contributed by atoms with Crippen LogP contribution in [0.2, 0.25) is 0 Å². The van der Waals surface area contributed by atoms with Crippen molar-refractivity contribution < 1.29 is 5.11 Å². The zero-order valence-corrected chi connectivity index (χ0v) is 6.66. The molecule has 0 spiro atoms. The smallest absolute Gasteiger partial charge is 0.0469 e. The van der Waals surface area contributed by atoms with Crippen molar-refractivity contribution in [3.63, 3.8) is 0 Å². The maximum atomic E-state index is 8.85. The Bertz CT molecular complexity index is 77.0. The third-order valence-corrected chi connectivity index (χ3v) is 3.54. The van der Waals surface area contributed by atoms with Crippen LogP contribution in [0.3, 0.4) is 0 Å². The van der Waals surface area contributed by atoms with Crippen LogP contribution in [0.5, 0.6) is 0 Å². The maximum absolute atomic E-state index is 8.85. The molecule has 1 heterocycles. The molecule has 0 aromatic carbocycles. The minimum atomic E-state index is 0.383. The minimum absolute atomic E-state index is 0.383. The lowest BCUT2D eigenvalue weighted by molar-refractivity contribution is 0.215. The molecule has 1 aliphatic heterocycles. The quantitative estimate of drug-likeness (QED) is 0.651. The lowest BCUT2D eigenvalue weighted by Crippen LogP contribution is -2.27. The van der Waals surface area contributed by atoms with E-state index in [0.29, 0.717) is 12.5 Å². The number of hydrogen-bond acceptors (Lipinski definition) is 2. The molecule has 54 valence electrons. The van der Waals surface area contributed by atoms with Crippen LogP contribution in [0.25, 0.3) is 0 Å². The molecule has 1 N–H and O–H groups in total. The molecule has 1 aliphatic rings. The van der Waals surface area contributed by atoms with Gasteiger partial charge in [0.1, 0.15) is 0 Å². The first-order chi connectivity index (χ1) is 4.38. The van der Waals surface area contributed by atoms with E-state index in [0.717, 1.165) is 11.7 Å². The Morgan fingerprint density at radius 1 is 1.78 bits per heavy atom. The number of hydrogen-bond donors (Lipinski definition) is 1. The predicted octanol–water partition coefficient (Wildman–Crippen LogP) is 1.51. The third-order valence-electron chi connectivity index (χ3n) is 2.02. The monoisotopic (exact) mass is 146 g/mol. The van der Waals surface area contributed by atoms with Gasteiger partial charge in [-0.05, 0) is 18.1 Å². The van der Waals surface area contributed by atoms with Crippen LogP contribution in [0.1, 0.15) is 19.8 Å². The summed E-state index contributed by atoms with van der Waals surface area (Å²) in [6.45, 7) is 2.54. The largest absolute Gasteiger partial charge is 0.396 e.